The molecule has 0 spiro atoms. The van der Waals surface area contributed by atoms with Crippen LogP contribution < -0.4 is 0 Å². The fourth-order valence-electron chi connectivity index (χ4n) is 4.21. The Hall–Kier alpha value is -2.27. The molecule has 0 aliphatic carbocycles. The monoisotopic (exact) mass is 523 g/mol. The average molecular weight is 524 g/mol. The predicted molar refractivity (Wildman–Crippen MR) is 118 cm³/mol. The summed E-state index contributed by atoms with van der Waals surface area (Å²) in [5.74, 6) is 0. The van der Waals surface area contributed by atoms with Crippen molar-refractivity contribution in [2.45, 2.75) is 60.0 Å². The van der Waals surface area contributed by atoms with E-state index in [0.717, 1.165) is 22.6 Å². The molecule has 11 heteroatoms. The summed E-state index contributed by atoms with van der Waals surface area (Å²) in [5, 5.41) is 10.1. The Balaban J connectivity index is 2.00. The van der Waals surface area contributed by atoms with Crippen molar-refractivity contribution in [1.29, 1.82) is 0 Å². The molecular weight excluding hydrogens is 499 g/mol. The minimum Gasteiger partial charge on any atom is -0.390 e. The van der Waals surface area contributed by atoms with Crippen molar-refractivity contribution in [3.8, 4) is 0 Å². The molecule has 1 atom stereocenters. The van der Waals surface area contributed by atoms with Crippen LogP contribution in [0.2, 0.25) is 0 Å². The summed E-state index contributed by atoms with van der Waals surface area (Å²) in [6.45, 7) is 3.80. The van der Waals surface area contributed by atoms with Crippen LogP contribution in [0.3, 0.4) is 0 Å². The number of carbonyl (C=O) groups excluding carboxylic acids is 1. The van der Waals surface area contributed by atoms with Crippen LogP contribution in [-0.4, -0.2) is 47.5 Å². The predicted octanol–water partition coefficient (Wildman–Crippen LogP) is 6.14. The fraction of sp³-hybridized carbons (Fsp3) is 0.458. The summed E-state index contributed by atoms with van der Waals surface area (Å²) >= 11 is 1.32. The molecule has 0 radical (unpaired) electrons. The maximum absolute atomic E-state index is 14.5. The largest absolute Gasteiger partial charge is 0.435 e. The van der Waals surface area contributed by atoms with Gasteiger partial charge in [-0.15, -0.1) is 11.8 Å². The molecule has 0 bridgehead atoms. The van der Waals surface area contributed by atoms with Gasteiger partial charge < -0.3 is 10.0 Å². The SMILES string of the molecule is CC(C)(O)Cc1cccc(SC2(c3ccc(C(F)(C(F)(F)F)C(F)(F)F)cc3)CCN(C=O)C2)c1. The number of thioether (sulfide) groups is 1. The molecule has 2 aromatic rings. The molecule has 1 unspecified atom stereocenters. The summed E-state index contributed by atoms with van der Waals surface area (Å²) < 4.78 is 92.4. The van der Waals surface area contributed by atoms with Gasteiger partial charge in [-0.05, 0) is 43.5 Å². The van der Waals surface area contributed by atoms with E-state index in [0.29, 0.717) is 43.5 Å². The lowest BCUT2D eigenvalue weighted by atomic mass is 9.90. The zero-order valence-electron chi connectivity index (χ0n) is 18.9. The lowest BCUT2D eigenvalue weighted by Gasteiger charge is -2.32. The molecule has 3 rings (SSSR count). The van der Waals surface area contributed by atoms with Gasteiger partial charge in [-0.1, -0.05) is 36.4 Å². The molecule has 1 aliphatic rings. The van der Waals surface area contributed by atoms with Crippen molar-refractivity contribution in [3.63, 3.8) is 0 Å². The smallest absolute Gasteiger partial charge is 0.390 e. The van der Waals surface area contributed by atoms with Crippen LogP contribution in [0.4, 0.5) is 30.7 Å². The quantitative estimate of drug-likeness (QED) is 0.350. The van der Waals surface area contributed by atoms with E-state index in [1.165, 1.54) is 16.7 Å². The van der Waals surface area contributed by atoms with Crippen LogP contribution in [0, 0.1) is 0 Å². The third-order valence-electron chi connectivity index (χ3n) is 5.85. The standard InChI is InChI=1S/C24H24F7NO2S/c1-20(2,34)13-16-4-3-5-19(12-16)35-21(10-11-32(14-21)15-33)17-6-8-18(9-7-17)22(25,23(26,27)28)24(29,30)31/h3-9,12,15,34H,10-11,13-14H2,1-2H3. The summed E-state index contributed by atoms with van der Waals surface area (Å²) in [6, 6.07) is 10.4. The number of benzene rings is 2. The van der Waals surface area contributed by atoms with Crippen LogP contribution in [0.5, 0.6) is 0 Å². The van der Waals surface area contributed by atoms with E-state index in [2.05, 4.69) is 0 Å². The highest BCUT2D eigenvalue weighted by molar-refractivity contribution is 8.00. The number of nitrogens with zero attached hydrogens (tertiary/aromatic N) is 1. The Morgan fingerprint density at radius 3 is 2.09 bits per heavy atom. The molecule has 2 aromatic carbocycles. The first-order valence-electron chi connectivity index (χ1n) is 10.6. The number of alkyl halides is 7. The minimum atomic E-state index is -6.19. The van der Waals surface area contributed by atoms with Crippen LogP contribution in [0.15, 0.2) is 53.4 Å². The molecule has 1 aliphatic heterocycles. The molecule has 1 heterocycles. The van der Waals surface area contributed by atoms with E-state index in [9.17, 15) is 40.6 Å². The fourth-order valence-corrected chi connectivity index (χ4v) is 5.70. The Bertz CT molecular complexity index is 1030. The topological polar surface area (TPSA) is 40.5 Å². The van der Waals surface area contributed by atoms with E-state index in [1.54, 1.807) is 26.0 Å². The van der Waals surface area contributed by atoms with E-state index >= 15 is 0 Å². The Morgan fingerprint density at radius 1 is 1.00 bits per heavy atom. The average Bonchev–Trinajstić information content (AvgIpc) is 3.15. The van der Waals surface area contributed by atoms with Crippen molar-refractivity contribution in [3.05, 3.63) is 65.2 Å². The molecule has 1 amide bonds. The number of amides is 1. The number of carbonyl (C=O) groups is 1. The van der Waals surface area contributed by atoms with E-state index in [-0.39, 0.29) is 6.54 Å². The van der Waals surface area contributed by atoms with Gasteiger partial charge in [-0.2, -0.15) is 26.3 Å². The zero-order valence-corrected chi connectivity index (χ0v) is 19.7. The summed E-state index contributed by atoms with van der Waals surface area (Å²) in [5.41, 5.74) is -6.83. The minimum absolute atomic E-state index is 0.162. The molecule has 1 fully saturated rings. The maximum Gasteiger partial charge on any atom is 0.435 e. The lowest BCUT2D eigenvalue weighted by Crippen LogP contribution is -2.50. The molecule has 0 aromatic heterocycles. The Morgan fingerprint density at radius 2 is 1.60 bits per heavy atom. The highest BCUT2D eigenvalue weighted by Gasteiger charge is 2.73. The van der Waals surface area contributed by atoms with E-state index in [4.69, 9.17) is 0 Å². The lowest BCUT2D eigenvalue weighted by molar-refractivity contribution is -0.348. The van der Waals surface area contributed by atoms with Crippen LogP contribution in [0.25, 0.3) is 0 Å². The van der Waals surface area contributed by atoms with Gasteiger partial charge in [-0.3, -0.25) is 4.79 Å². The number of hydrogen-bond acceptors (Lipinski definition) is 3. The van der Waals surface area contributed by atoms with Gasteiger partial charge in [0.25, 0.3) is 0 Å². The molecular formula is C24H24F7NO2S. The zero-order chi connectivity index (χ0) is 26.3. The molecule has 3 nitrogen and oxygen atoms in total. The highest BCUT2D eigenvalue weighted by atomic mass is 32.2. The van der Waals surface area contributed by atoms with Gasteiger partial charge in [-0.25, -0.2) is 4.39 Å². The van der Waals surface area contributed by atoms with Crippen molar-refractivity contribution < 1.29 is 40.6 Å². The van der Waals surface area contributed by atoms with E-state index < -0.39 is 33.9 Å². The van der Waals surface area contributed by atoms with Crippen molar-refractivity contribution in [2.75, 3.05) is 13.1 Å². The van der Waals surface area contributed by atoms with Gasteiger partial charge in [0.15, 0.2) is 0 Å². The normalized spacial score (nSPS) is 19.8. The first-order chi connectivity index (χ1) is 16.0. The number of hydrogen-bond donors (Lipinski definition) is 1. The summed E-state index contributed by atoms with van der Waals surface area (Å²) in [4.78, 5) is 13.6. The summed E-state index contributed by atoms with van der Waals surface area (Å²) in [7, 11) is 0. The molecule has 35 heavy (non-hydrogen) atoms. The van der Waals surface area contributed by atoms with Gasteiger partial charge in [0.05, 0.1) is 10.3 Å². The molecule has 192 valence electrons. The number of likely N-dealkylation sites (tertiary alicyclic amines) is 1. The Labute approximate surface area is 202 Å². The first-order valence-corrected chi connectivity index (χ1v) is 11.5. The Kier molecular flexibility index (Phi) is 7.27. The van der Waals surface area contributed by atoms with Gasteiger partial charge in [0.1, 0.15) is 0 Å². The third-order valence-corrected chi connectivity index (χ3v) is 7.30. The van der Waals surface area contributed by atoms with Crippen molar-refractivity contribution >= 4 is 18.2 Å². The van der Waals surface area contributed by atoms with Crippen LogP contribution in [-0.2, 0) is 21.6 Å². The maximum atomic E-state index is 14.5. The second kappa shape index (κ2) is 9.31. The number of aliphatic hydroxyl groups is 1. The number of halogens is 7. The molecule has 1 saturated heterocycles. The second-order valence-electron chi connectivity index (χ2n) is 9.29. The highest BCUT2D eigenvalue weighted by Crippen LogP contribution is 2.54. The summed E-state index contributed by atoms with van der Waals surface area (Å²) in [6.07, 6.45) is -11.0. The van der Waals surface area contributed by atoms with Crippen molar-refractivity contribution in [1.82, 2.24) is 4.90 Å². The molecule has 1 N–H and O–H groups in total. The molecule has 0 saturated carbocycles. The van der Waals surface area contributed by atoms with Crippen molar-refractivity contribution in [2.24, 2.45) is 0 Å². The van der Waals surface area contributed by atoms with Crippen LogP contribution >= 0.6 is 11.8 Å². The first kappa shape index (κ1) is 27.3. The van der Waals surface area contributed by atoms with Gasteiger partial charge in [0, 0.05) is 30.0 Å². The van der Waals surface area contributed by atoms with Gasteiger partial charge >= 0.3 is 18.0 Å². The van der Waals surface area contributed by atoms with Gasteiger partial charge in [0.2, 0.25) is 6.41 Å². The van der Waals surface area contributed by atoms with Crippen LogP contribution in [0.1, 0.15) is 37.0 Å². The number of rotatable bonds is 7. The second-order valence-corrected chi connectivity index (χ2v) is 10.7. The van der Waals surface area contributed by atoms with E-state index in [1.807, 2.05) is 12.1 Å². The third kappa shape index (κ3) is 5.61.